The van der Waals surface area contributed by atoms with Gasteiger partial charge in [-0.05, 0) is 47.9 Å². The van der Waals surface area contributed by atoms with E-state index in [0.29, 0.717) is 18.4 Å². The van der Waals surface area contributed by atoms with Crippen LogP contribution in [-0.4, -0.2) is 48.5 Å². The lowest BCUT2D eigenvalue weighted by Crippen LogP contribution is -2.49. The molecule has 2 aromatic rings. The van der Waals surface area contributed by atoms with Crippen molar-refractivity contribution in [2.45, 2.75) is 13.5 Å². The maximum atomic E-state index is 13.3. The lowest BCUT2D eigenvalue weighted by Gasteiger charge is -2.28. The first-order valence-electron chi connectivity index (χ1n) is 10.8. The van der Waals surface area contributed by atoms with Crippen molar-refractivity contribution < 1.29 is 13.9 Å². The van der Waals surface area contributed by atoms with Crippen molar-refractivity contribution in [2.75, 3.05) is 31.8 Å². The van der Waals surface area contributed by atoms with Gasteiger partial charge in [-0.1, -0.05) is 19.1 Å². The molecule has 3 heterocycles. The van der Waals surface area contributed by atoms with E-state index in [1.54, 1.807) is 24.1 Å². The Labute approximate surface area is 186 Å². The molecule has 0 spiro atoms. The summed E-state index contributed by atoms with van der Waals surface area (Å²) in [4.78, 5) is 23.5. The lowest BCUT2D eigenvalue weighted by atomic mass is 9.96. The molecule has 166 valence electrons. The number of aliphatic imine (C=N–C) groups is 1. The van der Waals surface area contributed by atoms with Crippen LogP contribution in [0.3, 0.4) is 0 Å². The zero-order valence-electron chi connectivity index (χ0n) is 18.2. The molecule has 7 nitrogen and oxygen atoms in total. The van der Waals surface area contributed by atoms with Gasteiger partial charge in [0.25, 0.3) is 0 Å². The van der Waals surface area contributed by atoms with Gasteiger partial charge in [-0.15, -0.1) is 0 Å². The van der Waals surface area contributed by atoms with E-state index in [2.05, 4.69) is 29.3 Å². The summed E-state index contributed by atoms with van der Waals surface area (Å²) in [5.41, 5.74) is 2.05. The largest absolute Gasteiger partial charge is 0.497 e. The molecule has 1 saturated heterocycles. The minimum atomic E-state index is -0.286. The van der Waals surface area contributed by atoms with Crippen LogP contribution in [0.2, 0.25) is 0 Å². The molecule has 0 aliphatic carbocycles. The minimum absolute atomic E-state index is 0.153. The smallest absolute Gasteiger partial charge is 0.329 e. The SMILES string of the molecule is COc1ccc(CN2CC(C)C(C3=NC4=CN(c5ccc(F)cc5)CN4C(=O)N3)C2)cc1. The molecule has 8 heteroatoms. The summed E-state index contributed by atoms with van der Waals surface area (Å²) in [5.74, 6) is 2.43. The van der Waals surface area contributed by atoms with Crippen molar-refractivity contribution in [3.05, 3.63) is 71.9 Å². The summed E-state index contributed by atoms with van der Waals surface area (Å²) in [6, 6.07) is 14.2. The van der Waals surface area contributed by atoms with E-state index in [0.717, 1.165) is 36.9 Å². The van der Waals surface area contributed by atoms with Crippen molar-refractivity contribution in [3.63, 3.8) is 0 Å². The standard InChI is InChI=1S/C24H26FN5O2/c1-16-11-28(12-17-3-9-20(32-2)10-4-17)13-21(16)23-26-22-14-29(15-30(22)24(31)27-23)19-7-5-18(25)6-8-19/h3-10,14,16,21H,11-13,15H2,1-2H3,(H,26,27,31). The third-order valence-corrected chi connectivity index (χ3v) is 6.32. The van der Waals surface area contributed by atoms with Gasteiger partial charge in [0.15, 0.2) is 5.82 Å². The Bertz CT molecular complexity index is 1070. The molecule has 0 aromatic heterocycles. The number of halogens is 1. The third kappa shape index (κ3) is 3.93. The van der Waals surface area contributed by atoms with Gasteiger partial charge in [-0.2, -0.15) is 0 Å². The van der Waals surface area contributed by atoms with E-state index in [1.807, 2.05) is 23.2 Å². The molecule has 3 aliphatic heterocycles. The van der Waals surface area contributed by atoms with Crippen molar-refractivity contribution in [1.29, 1.82) is 0 Å². The number of anilines is 1. The molecule has 0 bridgehead atoms. The number of nitrogens with zero attached hydrogens (tertiary/aromatic N) is 4. The van der Waals surface area contributed by atoms with E-state index in [1.165, 1.54) is 17.7 Å². The highest BCUT2D eigenvalue weighted by Gasteiger charge is 2.39. The van der Waals surface area contributed by atoms with Crippen LogP contribution in [0, 0.1) is 17.7 Å². The number of fused-ring (bicyclic) bond motifs is 1. The Morgan fingerprint density at radius 3 is 2.59 bits per heavy atom. The van der Waals surface area contributed by atoms with Gasteiger partial charge in [0.2, 0.25) is 0 Å². The first-order valence-corrected chi connectivity index (χ1v) is 10.8. The number of nitrogens with one attached hydrogen (secondary N) is 1. The average Bonchev–Trinajstić information content (AvgIpc) is 3.38. The van der Waals surface area contributed by atoms with Crippen LogP contribution in [0.5, 0.6) is 5.75 Å². The summed E-state index contributed by atoms with van der Waals surface area (Å²) in [5, 5.41) is 3.01. The average molecular weight is 436 g/mol. The number of carbonyl (C=O) groups is 1. The molecule has 1 N–H and O–H groups in total. The number of carbonyl (C=O) groups excluding carboxylic acids is 1. The monoisotopic (exact) mass is 435 g/mol. The number of urea groups is 1. The second-order valence-corrected chi connectivity index (χ2v) is 8.56. The van der Waals surface area contributed by atoms with Crippen LogP contribution in [-0.2, 0) is 6.54 Å². The summed E-state index contributed by atoms with van der Waals surface area (Å²) in [6.07, 6.45) is 1.85. The first-order chi connectivity index (χ1) is 15.5. The Hall–Kier alpha value is -3.39. The van der Waals surface area contributed by atoms with E-state index in [9.17, 15) is 9.18 Å². The van der Waals surface area contributed by atoms with Gasteiger partial charge in [-0.25, -0.2) is 14.2 Å². The fourth-order valence-corrected chi connectivity index (χ4v) is 4.57. The molecule has 2 amide bonds. The van der Waals surface area contributed by atoms with E-state index < -0.39 is 0 Å². The van der Waals surface area contributed by atoms with Crippen molar-refractivity contribution in [3.8, 4) is 5.75 Å². The number of amidine groups is 1. The van der Waals surface area contributed by atoms with Crippen LogP contribution in [0.25, 0.3) is 0 Å². The van der Waals surface area contributed by atoms with E-state index in [-0.39, 0.29) is 17.8 Å². The van der Waals surface area contributed by atoms with Gasteiger partial charge >= 0.3 is 6.03 Å². The van der Waals surface area contributed by atoms with Gasteiger partial charge < -0.3 is 9.64 Å². The number of methoxy groups -OCH3 is 1. The number of hydrogen-bond acceptors (Lipinski definition) is 5. The number of rotatable bonds is 5. The summed E-state index contributed by atoms with van der Waals surface area (Å²) in [7, 11) is 1.67. The number of likely N-dealkylation sites (tertiary alicyclic amines) is 1. The van der Waals surface area contributed by atoms with Crippen molar-refractivity contribution in [2.24, 2.45) is 16.8 Å². The molecule has 2 atom stereocenters. The quantitative estimate of drug-likeness (QED) is 0.780. The molecule has 0 radical (unpaired) electrons. The van der Waals surface area contributed by atoms with Crippen LogP contribution >= 0.6 is 0 Å². The van der Waals surface area contributed by atoms with Crippen molar-refractivity contribution in [1.82, 2.24) is 15.1 Å². The fourth-order valence-electron chi connectivity index (χ4n) is 4.57. The zero-order chi connectivity index (χ0) is 22.2. The van der Waals surface area contributed by atoms with E-state index in [4.69, 9.17) is 9.73 Å². The second-order valence-electron chi connectivity index (χ2n) is 8.56. The highest BCUT2D eigenvalue weighted by Crippen LogP contribution is 2.31. The van der Waals surface area contributed by atoms with E-state index >= 15 is 0 Å². The van der Waals surface area contributed by atoms with Gasteiger partial charge in [0.05, 0.1) is 7.11 Å². The maximum Gasteiger partial charge on any atom is 0.329 e. The molecule has 0 saturated carbocycles. The number of hydrogen-bond donors (Lipinski definition) is 1. The lowest BCUT2D eigenvalue weighted by molar-refractivity contribution is 0.216. The van der Waals surface area contributed by atoms with Gasteiger partial charge in [0.1, 0.15) is 24.1 Å². The molecular weight excluding hydrogens is 409 g/mol. The summed E-state index contributed by atoms with van der Waals surface area (Å²) >= 11 is 0. The maximum absolute atomic E-state index is 13.3. The topological polar surface area (TPSA) is 60.4 Å². The predicted molar refractivity (Wildman–Crippen MR) is 121 cm³/mol. The molecule has 32 heavy (non-hydrogen) atoms. The zero-order valence-corrected chi connectivity index (χ0v) is 18.2. The first kappa shape index (κ1) is 20.5. The normalized spacial score (nSPS) is 23.0. The van der Waals surface area contributed by atoms with Gasteiger partial charge in [0, 0.05) is 37.4 Å². The summed E-state index contributed by atoms with van der Waals surface area (Å²) in [6.45, 7) is 5.18. The predicted octanol–water partition coefficient (Wildman–Crippen LogP) is 3.60. The third-order valence-electron chi connectivity index (χ3n) is 6.32. The fraction of sp³-hybridized carbons (Fsp3) is 0.333. The Morgan fingerprint density at radius 1 is 1.12 bits per heavy atom. The molecule has 3 aliphatic rings. The Kier molecular flexibility index (Phi) is 5.30. The Morgan fingerprint density at radius 2 is 1.88 bits per heavy atom. The highest BCUT2D eigenvalue weighted by atomic mass is 19.1. The number of ether oxygens (including phenoxy) is 1. The molecular formula is C24H26FN5O2. The van der Waals surface area contributed by atoms with Crippen molar-refractivity contribution >= 4 is 17.6 Å². The Balaban J connectivity index is 1.30. The molecule has 2 unspecified atom stereocenters. The van der Waals surface area contributed by atoms with Gasteiger partial charge in [-0.3, -0.25) is 15.1 Å². The number of amides is 2. The highest BCUT2D eigenvalue weighted by molar-refractivity contribution is 6.02. The number of benzene rings is 2. The minimum Gasteiger partial charge on any atom is -0.497 e. The van der Waals surface area contributed by atoms with Crippen LogP contribution in [0.1, 0.15) is 12.5 Å². The molecule has 2 aromatic carbocycles. The van der Waals surface area contributed by atoms with Crippen LogP contribution in [0.15, 0.2) is 65.5 Å². The van der Waals surface area contributed by atoms with Crippen LogP contribution < -0.4 is 15.0 Å². The van der Waals surface area contributed by atoms with Crippen LogP contribution in [0.4, 0.5) is 14.9 Å². The molecule has 1 fully saturated rings. The molecule has 5 rings (SSSR count). The summed E-state index contributed by atoms with van der Waals surface area (Å²) < 4.78 is 18.5. The second kappa shape index (κ2) is 8.27.